The van der Waals surface area contributed by atoms with Gasteiger partial charge in [-0.1, -0.05) is 38.1 Å². The highest BCUT2D eigenvalue weighted by molar-refractivity contribution is 5.22. The van der Waals surface area contributed by atoms with Gasteiger partial charge in [-0.25, -0.2) is 0 Å². The molecule has 0 aromatic heterocycles. The molecule has 0 amide bonds. The van der Waals surface area contributed by atoms with Crippen molar-refractivity contribution < 1.29 is 4.74 Å². The van der Waals surface area contributed by atoms with Gasteiger partial charge in [0.05, 0.1) is 19.3 Å². The first-order valence-corrected chi connectivity index (χ1v) is 6.93. The van der Waals surface area contributed by atoms with Crippen LogP contribution in [-0.2, 0) is 17.8 Å². The molecule has 0 spiro atoms. The molecule has 1 aliphatic heterocycles. The fraction of sp³-hybridized carbons (Fsp3) is 0.600. The molecule has 0 bridgehead atoms. The maximum Gasteiger partial charge on any atom is 0.0643 e. The van der Waals surface area contributed by atoms with Crippen molar-refractivity contribution in [2.24, 2.45) is 0 Å². The van der Waals surface area contributed by atoms with Gasteiger partial charge in [-0.15, -0.1) is 0 Å². The van der Waals surface area contributed by atoms with Crippen molar-refractivity contribution in [3.8, 4) is 0 Å². The second kappa shape index (κ2) is 6.88. The first-order valence-electron chi connectivity index (χ1n) is 6.93. The van der Waals surface area contributed by atoms with Crippen molar-refractivity contribution in [2.45, 2.75) is 33.0 Å². The van der Waals surface area contributed by atoms with Crippen LogP contribution in [0.1, 0.15) is 25.0 Å². The van der Waals surface area contributed by atoms with Crippen LogP contribution in [0.25, 0.3) is 0 Å². The van der Waals surface area contributed by atoms with Crippen LogP contribution in [0.2, 0.25) is 0 Å². The third-order valence-electron chi connectivity index (χ3n) is 3.56. The minimum absolute atomic E-state index is 0.556. The van der Waals surface area contributed by atoms with Gasteiger partial charge in [-0.2, -0.15) is 0 Å². The zero-order valence-electron chi connectivity index (χ0n) is 11.5. The molecule has 1 saturated heterocycles. The number of nitrogens with zero attached hydrogens (tertiary/aromatic N) is 1. The summed E-state index contributed by atoms with van der Waals surface area (Å²) in [5.74, 6) is 0. The van der Waals surface area contributed by atoms with E-state index in [0.29, 0.717) is 6.04 Å². The summed E-state index contributed by atoms with van der Waals surface area (Å²) < 4.78 is 5.14. The number of hydrogen-bond donors (Lipinski definition) is 1. The number of nitrogens with one attached hydrogen (secondary N) is 1. The van der Waals surface area contributed by atoms with E-state index < -0.39 is 0 Å². The molecule has 3 nitrogen and oxygen atoms in total. The van der Waals surface area contributed by atoms with Crippen LogP contribution >= 0.6 is 0 Å². The van der Waals surface area contributed by atoms with Crippen LogP contribution in [-0.4, -0.2) is 37.2 Å². The lowest BCUT2D eigenvalue weighted by Gasteiger charge is -2.27. The van der Waals surface area contributed by atoms with E-state index in [1.54, 1.807) is 0 Å². The first kappa shape index (κ1) is 13.5. The summed E-state index contributed by atoms with van der Waals surface area (Å²) in [6.07, 6.45) is 0. The monoisotopic (exact) mass is 248 g/mol. The Morgan fingerprint density at radius 1 is 1.11 bits per heavy atom. The van der Waals surface area contributed by atoms with Gasteiger partial charge < -0.3 is 10.1 Å². The minimum Gasteiger partial charge on any atom is -0.378 e. The molecule has 1 N–H and O–H groups in total. The van der Waals surface area contributed by atoms with Gasteiger partial charge in [0.25, 0.3) is 0 Å². The van der Waals surface area contributed by atoms with Crippen molar-refractivity contribution in [1.29, 1.82) is 0 Å². The Bertz CT molecular complexity index is 342. The van der Waals surface area contributed by atoms with Gasteiger partial charge in [-0.3, -0.25) is 4.90 Å². The molecule has 1 aromatic rings. The van der Waals surface area contributed by atoms with E-state index in [1.807, 2.05) is 0 Å². The Labute approximate surface area is 110 Å². The number of benzene rings is 1. The normalized spacial score (nSPS) is 15.9. The summed E-state index contributed by atoms with van der Waals surface area (Å²) in [5, 5.41) is 3.48. The van der Waals surface area contributed by atoms with Gasteiger partial charge in [-0.05, 0) is 24.2 Å². The maximum atomic E-state index is 5.14. The smallest absolute Gasteiger partial charge is 0.0643 e. The van der Waals surface area contributed by atoms with E-state index in [-0.39, 0.29) is 0 Å². The van der Waals surface area contributed by atoms with Crippen LogP contribution in [0.5, 0.6) is 0 Å². The van der Waals surface area contributed by atoms with Crippen molar-refractivity contribution in [3.63, 3.8) is 0 Å². The van der Waals surface area contributed by atoms with Crippen molar-refractivity contribution >= 4 is 0 Å². The van der Waals surface area contributed by atoms with Gasteiger partial charge in [0, 0.05) is 13.1 Å². The molecule has 2 rings (SSSR count). The Morgan fingerprint density at radius 3 is 2.22 bits per heavy atom. The van der Waals surface area contributed by atoms with Gasteiger partial charge in [0.15, 0.2) is 0 Å². The van der Waals surface area contributed by atoms with Crippen LogP contribution in [0, 0.1) is 0 Å². The maximum absolute atomic E-state index is 5.14. The molecule has 1 aromatic carbocycles. The fourth-order valence-corrected chi connectivity index (χ4v) is 2.08. The number of rotatable bonds is 7. The minimum atomic E-state index is 0.556. The van der Waals surface area contributed by atoms with Gasteiger partial charge >= 0.3 is 0 Å². The topological polar surface area (TPSA) is 24.5 Å². The van der Waals surface area contributed by atoms with E-state index in [0.717, 1.165) is 39.4 Å². The van der Waals surface area contributed by atoms with Crippen LogP contribution in [0.4, 0.5) is 0 Å². The Balaban J connectivity index is 1.80. The molecular weight excluding hydrogens is 224 g/mol. The molecule has 1 fully saturated rings. The zero-order chi connectivity index (χ0) is 12.8. The number of hydrogen-bond acceptors (Lipinski definition) is 3. The molecule has 3 heteroatoms. The summed E-state index contributed by atoms with van der Waals surface area (Å²) in [4.78, 5) is 2.43. The highest BCUT2D eigenvalue weighted by Gasteiger charge is 2.16. The Hall–Kier alpha value is -0.900. The highest BCUT2D eigenvalue weighted by atomic mass is 16.5. The molecule has 0 unspecified atom stereocenters. The van der Waals surface area contributed by atoms with E-state index in [2.05, 4.69) is 48.3 Å². The van der Waals surface area contributed by atoms with Crippen molar-refractivity contribution in [1.82, 2.24) is 10.2 Å². The molecule has 100 valence electrons. The van der Waals surface area contributed by atoms with Crippen LogP contribution < -0.4 is 5.32 Å². The Morgan fingerprint density at radius 2 is 1.72 bits per heavy atom. The zero-order valence-corrected chi connectivity index (χ0v) is 11.5. The van der Waals surface area contributed by atoms with E-state index >= 15 is 0 Å². The lowest BCUT2D eigenvalue weighted by Crippen LogP contribution is -2.45. The first-order chi connectivity index (χ1) is 8.81. The lowest BCUT2D eigenvalue weighted by molar-refractivity contribution is -0.00578. The van der Waals surface area contributed by atoms with Crippen LogP contribution in [0.3, 0.4) is 0 Å². The standard InChI is InChI=1S/C15H24N2O/c1-3-17(4-2)10-14-7-5-13(6-8-14)9-16-15-11-18-12-15/h5-8,15-16H,3-4,9-12H2,1-2H3. The highest BCUT2D eigenvalue weighted by Crippen LogP contribution is 2.08. The van der Waals surface area contributed by atoms with Crippen molar-refractivity contribution in [3.05, 3.63) is 35.4 Å². The summed E-state index contributed by atoms with van der Waals surface area (Å²) in [6.45, 7) is 10.4. The summed E-state index contributed by atoms with van der Waals surface area (Å²) >= 11 is 0. The summed E-state index contributed by atoms with van der Waals surface area (Å²) in [6, 6.07) is 9.50. The van der Waals surface area contributed by atoms with Gasteiger partial charge in [0.2, 0.25) is 0 Å². The molecule has 0 aliphatic carbocycles. The second-order valence-electron chi connectivity index (χ2n) is 4.89. The molecule has 1 heterocycles. The molecule has 18 heavy (non-hydrogen) atoms. The van der Waals surface area contributed by atoms with E-state index in [1.165, 1.54) is 11.1 Å². The summed E-state index contributed by atoms with van der Waals surface area (Å²) in [5.41, 5.74) is 2.75. The average molecular weight is 248 g/mol. The van der Waals surface area contributed by atoms with Crippen LogP contribution in [0.15, 0.2) is 24.3 Å². The van der Waals surface area contributed by atoms with E-state index in [4.69, 9.17) is 4.74 Å². The van der Waals surface area contributed by atoms with Gasteiger partial charge in [0.1, 0.15) is 0 Å². The quantitative estimate of drug-likeness (QED) is 0.799. The third-order valence-corrected chi connectivity index (χ3v) is 3.56. The summed E-state index contributed by atoms with van der Waals surface area (Å²) in [7, 11) is 0. The third kappa shape index (κ3) is 3.80. The predicted molar refractivity (Wildman–Crippen MR) is 74.5 cm³/mol. The van der Waals surface area contributed by atoms with Crippen molar-refractivity contribution in [2.75, 3.05) is 26.3 Å². The Kier molecular flexibility index (Phi) is 5.17. The molecule has 0 radical (unpaired) electrons. The lowest BCUT2D eigenvalue weighted by atomic mass is 10.1. The average Bonchev–Trinajstić information content (AvgIpc) is 2.36. The number of ether oxygens (including phenoxy) is 1. The predicted octanol–water partition coefficient (Wildman–Crippen LogP) is 2.02. The van der Waals surface area contributed by atoms with E-state index in [9.17, 15) is 0 Å². The second-order valence-corrected chi connectivity index (χ2v) is 4.89. The molecule has 0 atom stereocenters. The molecular formula is C15H24N2O. The SMILES string of the molecule is CCN(CC)Cc1ccc(CNC2COC2)cc1. The largest absolute Gasteiger partial charge is 0.378 e. The molecule has 1 aliphatic rings. The fourth-order valence-electron chi connectivity index (χ4n) is 2.08. The molecule has 0 saturated carbocycles.